The molecule has 4 heteroatoms. The van der Waals surface area contributed by atoms with E-state index in [-0.39, 0.29) is 0 Å². The van der Waals surface area contributed by atoms with Crippen molar-refractivity contribution in [3.05, 3.63) is 17.8 Å². The van der Waals surface area contributed by atoms with Crippen LogP contribution in [0.5, 0.6) is 0 Å². The van der Waals surface area contributed by atoms with Crippen LogP contribution in [0.1, 0.15) is 24.3 Å². The fourth-order valence-electron chi connectivity index (χ4n) is 1.78. The van der Waals surface area contributed by atoms with Crippen LogP contribution in [0.2, 0.25) is 0 Å². The maximum atomic E-state index is 5.55. The van der Waals surface area contributed by atoms with E-state index in [4.69, 9.17) is 9.15 Å². The lowest BCUT2D eigenvalue weighted by atomic mass is 10.1. The van der Waals surface area contributed by atoms with Crippen molar-refractivity contribution in [1.82, 2.24) is 10.3 Å². The van der Waals surface area contributed by atoms with Crippen molar-refractivity contribution in [2.24, 2.45) is 0 Å². The van der Waals surface area contributed by atoms with Crippen LogP contribution in [-0.2, 0) is 17.7 Å². The number of nitrogens with zero attached hydrogens (tertiary/aromatic N) is 1. The van der Waals surface area contributed by atoms with Gasteiger partial charge >= 0.3 is 0 Å². The Bertz CT molecular complexity index is 279. The summed E-state index contributed by atoms with van der Waals surface area (Å²) in [6.45, 7) is 1.65. The van der Waals surface area contributed by atoms with Gasteiger partial charge in [-0.05, 0) is 19.9 Å². The number of ether oxygens (including phenoxy) is 1. The average molecular weight is 196 g/mol. The first-order valence-electron chi connectivity index (χ1n) is 5.07. The first kappa shape index (κ1) is 9.68. The number of rotatable bonds is 4. The van der Waals surface area contributed by atoms with E-state index >= 15 is 0 Å². The zero-order chi connectivity index (χ0) is 9.80. The summed E-state index contributed by atoms with van der Waals surface area (Å²) >= 11 is 0. The van der Waals surface area contributed by atoms with Crippen LogP contribution in [0.15, 0.2) is 10.8 Å². The standard InChI is InChI=1S/C10H16N2O2/c1-11-6-9-10(14-7-12-9)5-8-3-2-4-13-8/h7-8,11H,2-6H2,1H3. The average Bonchev–Trinajstić information content (AvgIpc) is 2.80. The van der Waals surface area contributed by atoms with Crippen molar-refractivity contribution in [3.8, 4) is 0 Å². The molecule has 1 fully saturated rings. The molecule has 0 saturated carbocycles. The Morgan fingerprint density at radius 1 is 1.64 bits per heavy atom. The molecule has 0 aromatic carbocycles. The van der Waals surface area contributed by atoms with Crippen LogP contribution < -0.4 is 5.32 Å². The molecule has 2 heterocycles. The molecule has 0 radical (unpaired) electrons. The van der Waals surface area contributed by atoms with Crippen molar-refractivity contribution in [1.29, 1.82) is 0 Å². The molecule has 0 amide bonds. The van der Waals surface area contributed by atoms with Gasteiger partial charge in [0.15, 0.2) is 6.39 Å². The van der Waals surface area contributed by atoms with Crippen molar-refractivity contribution >= 4 is 0 Å². The fourth-order valence-corrected chi connectivity index (χ4v) is 1.78. The Labute approximate surface area is 83.7 Å². The fraction of sp³-hybridized carbons (Fsp3) is 0.700. The van der Waals surface area contributed by atoms with Gasteiger partial charge in [-0.15, -0.1) is 0 Å². The molecule has 2 rings (SSSR count). The molecule has 0 spiro atoms. The van der Waals surface area contributed by atoms with Gasteiger partial charge in [-0.1, -0.05) is 0 Å². The normalized spacial score (nSPS) is 21.6. The number of oxazole rings is 1. The second-order valence-electron chi connectivity index (χ2n) is 3.59. The van der Waals surface area contributed by atoms with Crippen LogP contribution in [0.4, 0.5) is 0 Å². The minimum absolute atomic E-state index is 0.332. The van der Waals surface area contributed by atoms with Crippen molar-refractivity contribution in [3.63, 3.8) is 0 Å². The number of aromatic nitrogens is 1. The van der Waals surface area contributed by atoms with Gasteiger partial charge in [0, 0.05) is 19.6 Å². The first-order chi connectivity index (χ1) is 6.90. The van der Waals surface area contributed by atoms with Crippen LogP contribution in [0, 0.1) is 0 Å². The highest BCUT2D eigenvalue weighted by molar-refractivity contribution is 5.08. The smallest absolute Gasteiger partial charge is 0.181 e. The van der Waals surface area contributed by atoms with Gasteiger partial charge in [0.1, 0.15) is 5.76 Å². The molecule has 4 nitrogen and oxygen atoms in total. The Morgan fingerprint density at radius 3 is 3.29 bits per heavy atom. The van der Waals surface area contributed by atoms with Gasteiger partial charge < -0.3 is 14.5 Å². The third kappa shape index (κ3) is 2.13. The lowest BCUT2D eigenvalue weighted by molar-refractivity contribution is 0.107. The Hall–Kier alpha value is -0.870. The largest absolute Gasteiger partial charge is 0.448 e. The second-order valence-corrected chi connectivity index (χ2v) is 3.59. The monoisotopic (exact) mass is 196 g/mol. The minimum atomic E-state index is 0.332. The molecule has 1 aliphatic heterocycles. The Kier molecular flexibility index (Phi) is 3.16. The molecular formula is C10H16N2O2. The maximum absolute atomic E-state index is 5.55. The molecule has 1 aromatic rings. The van der Waals surface area contributed by atoms with Crippen LogP contribution >= 0.6 is 0 Å². The quantitative estimate of drug-likeness (QED) is 0.783. The lowest BCUT2D eigenvalue weighted by Crippen LogP contribution is -2.12. The molecule has 0 aliphatic carbocycles. The van der Waals surface area contributed by atoms with E-state index in [0.717, 1.165) is 37.4 Å². The van der Waals surface area contributed by atoms with E-state index in [9.17, 15) is 0 Å². The van der Waals surface area contributed by atoms with E-state index < -0.39 is 0 Å². The summed E-state index contributed by atoms with van der Waals surface area (Å²) in [4.78, 5) is 4.16. The van der Waals surface area contributed by atoms with Gasteiger partial charge in [-0.25, -0.2) is 4.98 Å². The summed E-state index contributed by atoms with van der Waals surface area (Å²) in [5.41, 5.74) is 1.00. The molecule has 1 saturated heterocycles. The van der Waals surface area contributed by atoms with Crippen molar-refractivity contribution in [2.45, 2.75) is 31.9 Å². The van der Waals surface area contributed by atoms with Gasteiger partial charge in [-0.2, -0.15) is 0 Å². The van der Waals surface area contributed by atoms with Crippen molar-refractivity contribution < 1.29 is 9.15 Å². The molecule has 14 heavy (non-hydrogen) atoms. The van der Waals surface area contributed by atoms with E-state index in [1.165, 1.54) is 12.8 Å². The highest BCUT2D eigenvalue weighted by atomic mass is 16.5. The number of nitrogens with one attached hydrogen (secondary N) is 1. The van der Waals surface area contributed by atoms with Gasteiger partial charge in [-0.3, -0.25) is 0 Å². The minimum Gasteiger partial charge on any atom is -0.448 e. The van der Waals surface area contributed by atoms with Crippen LogP contribution in [0.3, 0.4) is 0 Å². The summed E-state index contributed by atoms with van der Waals surface area (Å²) in [7, 11) is 1.91. The van der Waals surface area contributed by atoms with E-state index in [1.807, 2.05) is 7.05 Å². The van der Waals surface area contributed by atoms with Crippen LogP contribution in [0.25, 0.3) is 0 Å². The highest BCUT2D eigenvalue weighted by Gasteiger charge is 2.19. The summed E-state index contributed by atoms with van der Waals surface area (Å²) in [6, 6.07) is 0. The highest BCUT2D eigenvalue weighted by Crippen LogP contribution is 2.18. The van der Waals surface area contributed by atoms with E-state index in [0.29, 0.717) is 6.10 Å². The third-order valence-corrected chi connectivity index (χ3v) is 2.51. The molecule has 1 atom stereocenters. The Morgan fingerprint density at radius 2 is 2.57 bits per heavy atom. The molecule has 1 unspecified atom stereocenters. The van der Waals surface area contributed by atoms with E-state index in [2.05, 4.69) is 10.3 Å². The Balaban J connectivity index is 1.96. The second kappa shape index (κ2) is 4.57. The summed E-state index contributed by atoms with van der Waals surface area (Å²) in [6.07, 6.45) is 5.01. The SMILES string of the molecule is CNCc1ncoc1CC1CCCO1. The molecule has 78 valence electrons. The predicted octanol–water partition coefficient (Wildman–Crippen LogP) is 1.12. The maximum Gasteiger partial charge on any atom is 0.181 e. The zero-order valence-corrected chi connectivity index (χ0v) is 8.45. The first-order valence-corrected chi connectivity index (χ1v) is 5.07. The zero-order valence-electron chi connectivity index (χ0n) is 8.45. The molecule has 1 aliphatic rings. The number of hydrogen-bond acceptors (Lipinski definition) is 4. The summed E-state index contributed by atoms with van der Waals surface area (Å²) in [5, 5.41) is 3.07. The number of hydrogen-bond donors (Lipinski definition) is 1. The summed E-state index contributed by atoms with van der Waals surface area (Å²) < 4.78 is 10.9. The summed E-state index contributed by atoms with van der Waals surface area (Å²) in [5.74, 6) is 0.964. The third-order valence-electron chi connectivity index (χ3n) is 2.51. The molecule has 1 aromatic heterocycles. The van der Waals surface area contributed by atoms with Crippen LogP contribution in [-0.4, -0.2) is 24.7 Å². The molecule has 0 bridgehead atoms. The molecule has 1 N–H and O–H groups in total. The topological polar surface area (TPSA) is 47.3 Å². The van der Waals surface area contributed by atoms with Crippen molar-refractivity contribution in [2.75, 3.05) is 13.7 Å². The predicted molar refractivity (Wildman–Crippen MR) is 51.9 cm³/mol. The molecular weight excluding hydrogens is 180 g/mol. The van der Waals surface area contributed by atoms with Gasteiger partial charge in [0.25, 0.3) is 0 Å². The lowest BCUT2D eigenvalue weighted by Gasteiger charge is -2.07. The van der Waals surface area contributed by atoms with E-state index in [1.54, 1.807) is 0 Å². The van der Waals surface area contributed by atoms with Gasteiger partial charge in [0.05, 0.1) is 11.8 Å². The van der Waals surface area contributed by atoms with Gasteiger partial charge in [0.2, 0.25) is 0 Å².